The Morgan fingerprint density at radius 3 is 2.50 bits per heavy atom. The average molecular weight is 202 g/mol. The number of nitrogens with zero attached hydrogens (tertiary/aromatic N) is 1. The first-order chi connectivity index (χ1) is 6.61. The smallest absolute Gasteiger partial charge is 0.319 e. The first-order valence-corrected chi connectivity index (χ1v) is 5.12. The number of carbonyl (C=O) groups excluding carboxylic acids is 1. The molecule has 14 heavy (non-hydrogen) atoms. The molecular formula is C10H22N2O2. The quantitative estimate of drug-likeness (QED) is 0.485. The molecule has 0 aliphatic heterocycles. The number of carbonyl (C=O) groups is 1. The summed E-state index contributed by atoms with van der Waals surface area (Å²) in [5, 5.41) is 0. The van der Waals surface area contributed by atoms with Gasteiger partial charge in [0.2, 0.25) is 0 Å². The van der Waals surface area contributed by atoms with Crippen LogP contribution in [-0.4, -0.2) is 43.7 Å². The van der Waals surface area contributed by atoms with Crippen LogP contribution in [0, 0.1) is 0 Å². The first-order valence-electron chi connectivity index (χ1n) is 5.12. The number of methoxy groups -OCH3 is 1. The number of rotatable bonds is 7. The van der Waals surface area contributed by atoms with Gasteiger partial charge in [-0.1, -0.05) is 0 Å². The van der Waals surface area contributed by atoms with Crippen molar-refractivity contribution in [3.05, 3.63) is 0 Å². The van der Waals surface area contributed by atoms with Gasteiger partial charge in [-0.2, -0.15) is 0 Å². The molecule has 2 N–H and O–H groups in total. The Morgan fingerprint density at radius 2 is 2.07 bits per heavy atom. The second kappa shape index (κ2) is 7.76. The van der Waals surface area contributed by atoms with Crippen molar-refractivity contribution in [2.24, 2.45) is 5.73 Å². The zero-order valence-electron chi connectivity index (χ0n) is 9.45. The Balaban J connectivity index is 3.83. The lowest BCUT2D eigenvalue weighted by molar-refractivity contribution is -0.142. The average Bonchev–Trinajstić information content (AvgIpc) is 2.16. The van der Waals surface area contributed by atoms with E-state index in [1.165, 1.54) is 7.11 Å². The number of ether oxygens (including phenoxy) is 1. The fraction of sp³-hybridized carbons (Fsp3) is 0.900. The summed E-state index contributed by atoms with van der Waals surface area (Å²) in [5.41, 5.74) is 5.41. The Hall–Kier alpha value is -0.610. The molecule has 0 radical (unpaired) electrons. The second-order valence-corrected chi connectivity index (χ2v) is 3.64. The molecule has 0 spiro atoms. The highest BCUT2D eigenvalue weighted by molar-refractivity contribution is 5.71. The van der Waals surface area contributed by atoms with Crippen molar-refractivity contribution >= 4 is 5.97 Å². The van der Waals surface area contributed by atoms with E-state index in [9.17, 15) is 4.79 Å². The standard InChI is InChI=1S/C10H22N2O2/c1-9(2)12(7-5-4-6-11)8-10(13)14-3/h9H,4-8,11H2,1-3H3. The molecule has 0 atom stereocenters. The van der Waals surface area contributed by atoms with Gasteiger partial charge in [0.15, 0.2) is 0 Å². The van der Waals surface area contributed by atoms with Gasteiger partial charge < -0.3 is 10.5 Å². The molecule has 0 aliphatic rings. The molecule has 0 aromatic rings. The predicted octanol–water partition coefficient (Wildman–Crippen LogP) is 0.609. The van der Waals surface area contributed by atoms with Gasteiger partial charge in [0.1, 0.15) is 0 Å². The van der Waals surface area contributed by atoms with Crippen LogP contribution in [0.5, 0.6) is 0 Å². The predicted molar refractivity (Wildman–Crippen MR) is 57.0 cm³/mol. The number of hydrogen-bond donors (Lipinski definition) is 1. The van der Waals surface area contributed by atoms with Gasteiger partial charge in [-0.25, -0.2) is 0 Å². The van der Waals surface area contributed by atoms with Crippen LogP contribution >= 0.6 is 0 Å². The minimum Gasteiger partial charge on any atom is -0.468 e. The third-order valence-electron chi connectivity index (χ3n) is 2.19. The topological polar surface area (TPSA) is 55.6 Å². The highest BCUT2D eigenvalue weighted by Crippen LogP contribution is 2.01. The largest absolute Gasteiger partial charge is 0.468 e. The van der Waals surface area contributed by atoms with E-state index in [2.05, 4.69) is 23.5 Å². The third-order valence-corrected chi connectivity index (χ3v) is 2.19. The first kappa shape index (κ1) is 13.4. The van der Waals surface area contributed by atoms with Crippen molar-refractivity contribution < 1.29 is 9.53 Å². The van der Waals surface area contributed by atoms with Gasteiger partial charge in [0.25, 0.3) is 0 Å². The maximum Gasteiger partial charge on any atom is 0.319 e. The number of esters is 1. The Morgan fingerprint density at radius 1 is 1.43 bits per heavy atom. The van der Waals surface area contributed by atoms with Crippen LogP contribution < -0.4 is 5.73 Å². The third kappa shape index (κ3) is 5.94. The molecule has 0 unspecified atom stereocenters. The highest BCUT2D eigenvalue weighted by atomic mass is 16.5. The molecule has 0 saturated heterocycles. The van der Waals surface area contributed by atoms with Crippen LogP contribution in [0.1, 0.15) is 26.7 Å². The highest BCUT2D eigenvalue weighted by Gasteiger charge is 2.13. The minimum absolute atomic E-state index is 0.175. The van der Waals surface area contributed by atoms with E-state index >= 15 is 0 Å². The Kier molecular flexibility index (Phi) is 7.42. The maximum absolute atomic E-state index is 11.1. The monoisotopic (exact) mass is 202 g/mol. The van der Waals surface area contributed by atoms with Crippen LogP contribution in [0.25, 0.3) is 0 Å². The molecule has 0 aromatic heterocycles. The summed E-state index contributed by atoms with van der Waals surface area (Å²) in [5.74, 6) is -0.175. The Labute approximate surface area is 86.4 Å². The molecule has 0 bridgehead atoms. The Bertz CT molecular complexity index is 160. The summed E-state index contributed by atoms with van der Waals surface area (Å²) < 4.78 is 4.63. The SMILES string of the molecule is COC(=O)CN(CCCCN)C(C)C. The molecule has 0 aliphatic carbocycles. The number of unbranched alkanes of at least 4 members (excludes halogenated alkanes) is 1. The lowest BCUT2D eigenvalue weighted by Crippen LogP contribution is -2.37. The number of nitrogens with two attached hydrogens (primary N) is 1. The summed E-state index contributed by atoms with van der Waals surface area (Å²) in [6.07, 6.45) is 2.04. The fourth-order valence-corrected chi connectivity index (χ4v) is 1.21. The van der Waals surface area contributed by atoms with E-state index in [-0.39, 0.29) is 5.97 Å². The van der Waals surface area contributed by atoms with E-state index in [1.807, 2.05) is 0 Å². The van der Waals surface area contributed by atoms with Crippen molar-refractivity contribution in [1.82, 2.24) is 4.90 Å². The van der Waals surface area contributed by atoms with Crippen molar-refractivity contribution in [3.63, 3.8) is 0 Å². The summed E-state index contributed by atoms with van der Waals surface area (Å²) >= 11 is 0. The van der Waals surface area contributed by atoms with Crippen LogP contribution in [0.4, 0.5) is 0 Å². The van der Waals surface area contributed by atoms with Gasteiger partial charge in [-0.15, -0.1) is 0 Å². The van der Waals surface area contributed by atoms with E-state index < -0.39 is 0 Å². The summed E-state index contributed by atoms with van der Waals surface area (Å²) in [6.45, 7) is 6.14. The van der Waals surface area contributed by atoms with Crippen LogP contribution in [0.3, 0.4) is 0 Å². The van der Waals surface area contributed by atoms with E-state index in [4.69, 9.17) is 5.73 Å². The molecule has 0 fully saturated rings. The number of hydrogen-bond acceptors (Lipinski definition) is 4. The van der Waals surface area contributed by atoms with Gasteiger partial charge >= 0.3 is 5.97 Å². The maximum atomic E-state index is 11.1. The van der Waals surface area contributed by atoms with Crippen molar-refractivity contribution in [1.29, 1.82) is 0 Å². The summed E-state index contributed by atoms with van der Waals surface area (Å²) in [4.78, 5) is 13.2. The van der Waals surface area contributed by atoms with E-state index in [0.717, 1.165) is 19.4 Å². The van der Waals surface area contributed by atoms with Gasteiger partial charge in [0.05, 0.1) is 13.7 Å². The molecule has 0 rings (SSSR count). The van der Waals surface area contributed by atoms with Crippen LogP contribution in [-0.2, 0) is 9.53 Å². The summed E-state index contributed by atoms with van der Waals surface area (Å²) in [7, 11) is 1.42. The van der Waals surface area contributed by atoms with Crippen molar-refractivity contribution in [2.45, 2.75) is 32.7 Å². The zero-order chi connectivity index (χ0) is 11.0. The zero-order valence-corrected chi connectivity index (χ0v) is 9.45. The van der Waals surface area contributed by atoms with Gasteiger partial charge in [0, 0.05) is 6.04 Å². The van der Waals surface area contributed by atoms with Crippen LogP contribution in [0.2, 0.25) is 0 Å². The molecule has 0 heterocycles. The molecular weight excluding hydrogens is 180 g/mol. The molecule has 4 nitrogen and oxygen atoms in total. The summed E-state index contributed by atoms with van der Waals surface area (Å²) in [6, 6.07) is 0.367. The second-order valence-electron chi connectivity index (χ2n) is 3.64. The molecule has 84 valence electrons. The van der Waals surface area contributed by atoms with Crippen molar-refractivity contribution in [2.75, 3.05) is 26.7 Å². The lowest BCUT2D eigenvalue weighted by Gasteiger charge is -2.24. The molecule has 4 heteroatoms. The molecule has 0 saturated carbocycles. The van der Waals surface area contributed by atoms with Gasteiger partial charge in [-0.05, 0) is 39.8 Å². The van der Waals surface area contributed by atoms with E-state index in [1.54, 1.807) is 0 Å². The lowest BCUT2D eigenvalue weighted by atomic mass is 10.2. The molecule has 0 aromatic carbocycles. The fourth-order valence-electron chi connectivity index (χ4n) is 1.21. The minimum atomic E-state index is -0.175. The normalized spacial score (nSPS) is 11.0. The molecule has 0 amide bonds. The van der Waals surface area contributed by atoms with E-state index in [0.29, 0.717) is 19.1 Å². The van der Waals surface area contributed by atoms with Crippen molar-refractivity contribution in [3.8, 4) is 0 Å². The van der Waals surface area contributed by atoms with Gasteiger partial charge in [-0.3, -0.25) is 9.69 Å². The van der Waals surface area contributed by atoms with Crippen LogP contribution in [0.15, 0.2) is 0 Å².